The summed E-state index contributed by atoms with van der Waals surface area (Å²) < 4.78 is 46.8. The minimum absolute atomic E-state index is 0.107. The molecular weight excluding hydrogens is 371 g/mol. The molecule has 3 rings (SSSR count). The van der Waals surface area contributed by atoms with Crippen LogP contribution in [-0.2, 0) is 0 Å². The van der Waals surface area contributed by atoms with Crippen molar-refractivity contribution in [1.82, 2.24) is 20.4 Å². The number of halogens is 3. The highest BCUT2D eigenvalue weighted by Crippen LogP contribution is 2.33. The lowest BCUT2D eigenvalue weighted by Gasteiger charge is -2.30. The Morgan fingerprint density at radius 3 is 2.93 bits per heavy atom. The molecule has 12 heteroatoms. The number of benzene rings is 1. The van der Waals surface area contributed by atoms with E-state index >= 15 is 0 Å². The lowest BCUT2D eigenvalue weighted by Crippen LogP contribution is -2.44. The first-order valence-corrected chi connectivity index (χ1v) is 7.97. The molecule has 0 amide bonds. The second-order valence-electron chi connectivity index (χ2n) is 6.00. The van der Waals surface area contributed by atoms with Crippen molar-refractivity contribution < 1.29 is 27.4 Å². The van der Waals surface area contributed by atoms with Crippen LogP contribution in [0.4, 0.5) is 18.9 Å². The second-order valence-corrected chi connectivity index (χ2v) is 6.00. The van der Waals surface area contributed by atoms with Crippen LogP contribution in [0.5, 0.6) is 5.75 Å². The number of hydrogen-bond acceptors (Lipinski definition) is 8. The van der Waals surface area contributed by atoms with E-state index in [1.165, 1.54) is 0 Å². The summed E-state index contributed by atoms with van der Waals surface area (Å²) in [7, 11) is 1.88. The molecule has 0 aliphatic carbocycles. The van der Waals surface area contributed by atoms with Gasteiger partial charge in [0.1, 0.15) is 11.3 Å². The van der Waals surface area contributed by atoms with Crippen molar-refractivity contribution in [3.8, 4) is 17.2 Å². The van der Waals surface area contributed by atoms with Crippen LogP contribution >= 0.6 is 0 Å². The summed E-state index contributed by atoms with van der Waals surface area (Å²) >= 11 is 0. The van der Waals surface area contributed by atoms with E-state index in [1.807, 2.05) is 11.9 Å². The molecule has 1 saturated heterocycles. The third-order valence-electron chi connectivity index (χ3n) is 4.05. The van der Waals surface area contributed by atoms with E-state index in [-0.39, 0.29) is 28.9 Å². The van der Waals surface area contributed by atoms with Gasteiger partial charge in [-0.3, -0.25) is 15.0 Å². The third kappa shape index (κ3) is 4.52. The standard InChI is InChI=1S/C15H16F3N5O4/c1-22-5-4-19-7-12(22)13-20-14(27-21-13)10-6-9(26-8-15(16,17)18)2-3-11(10)23(24)25/h2-3,6,12,19H,4-5,7-8H2,1H3. The minimum Gasteiger partial charge on any atom is -0.484 e. The number of likely N-dealkylation sites (N-methyl/N-ethyl adjacent to an activating group) is 1. The van der Waals surface area contributed by atoms with Crippen molar-refractivity contribution >= 4 is 5.69 Å². The Kier molecular flexibility index (Phi) is 5.28. The van der Waals surface area contributed by atoms with Crippen LogP contribution in [0.15, 0.2) is 22.7 Å². The van der Waals surface area contributed by atoms with Gasteiger partial charge in [0.2, 0.25) is 0 Å². The highest BCUT2D eigenvalue weighted by atomic mass is 19.4. The van der Waals surface area contributed by atoms with E-state index in [4.69, 9.17) is 4.52 Å². The number of hydrogen-bond donors (Lipinski definition) is 1. The van der Waals surface area contributed by atoms with Crippen molar-refractivity contribution in [2.45, 2.75) is 12.2 Å². The third-order valence-corrected chi connectivity index (χ3v) is 4.05. The van der Waals surface area contributed by atoms with Gasteiger partial charge in [0.15, 0.2) is 12.4 Å². The minimum atomic E-state index is -4.53. The predicted molar refractivity (Wildman–Crippen MR) is 86.2 cm³/mol. The van der Waals surface area contributed by atoms with E-state index in [0.717, 1.165) is 31.3 Å². The van der Waals surface area contributed by atoms with Crippen molar-refractivity contribution in [3.63, 3.8) is 0 Å². The van der Waals surface area contributed by atoms with Gasteiger partial charge in [0.05, 0.1) is 11.0 Å². The van der Waals surface area contributed by atoms with Crippen LogP contribution in [0.3, 0.4) is 0 Å². The van der Waals surface area contributed by atoms with Crippen molar-refractivity contribution in [1.29, 1.82) is 0 Å². The maximum absolute atomic E-state index is 12.3. The van der Waals surface area contributed by atoms with Crippen molar-refractivity contribution in [2.75, 3.05) is 33.3 Å². The number of nitro groups is 1. The predicted octanol–water partition coefficient (Wildman–Crippen LogP) is 2.16. The van der Waals surface area contributed by atoms with Crippen LogP contribution in [0, 0.1) is 10.1 Å². The van der Waals surface area contributed by atoms with E-state index in [0.29, 0.717) is 12.4 Å². The highest BCUT2D eigenvalue weighted by Gasteiger charge is 2.30. The molecule has 1 atom stereocenters. The number of ether oxygens (including phenoxy) is 1. The molecule has 1 aliphatic rings. The van der Waals surface area contributed by atoms with E-state index in [9.17, 15) is 23.3 Å². The fraction of sp³-hybridized carbons (Fsp3) is 0.467. The van der Waals surface area contributed by atoms with Crippen LogP contribution in [0.1, 0.15) is 11.9 Å². The van der Waals surface area contributed by atoms with Gasteiger partial charge in [-0.1, -0.05) is 5.16 Å². The smallest absolute Gasteiger partial charge is 0.422 e. The van der Waals surface area contributed by atoms with Crippen molar-refractivity contribution in [2.24, 2.45) is 0 Å². The number of rotatable bonds is 5. The summed E-state index contributed by atoms with van der Waals surface area (Å²) in [5.41, 5.74) is -0.482. The Morgan fingerprint density at radius 2 is 2.26 bits per heavy atom. The Labute approximate surface area is 151 Å². The molecule has 2 aromatic rings. The molecule has 1 fully saturated rings. The SMILES string of the molecule is CN1CCNCC1c1noc(-c2cc(OCC(F)(F)F)ccc2[N+](=O)[O-])n1. The molecule has 1 aromatic carbocycles. The molecule has 9 nitrogen and oxygen atoms in total. The zero-order valence-corrected chi connectivity index (χ0v) is 14.2. The zero-order chi connectivity index (χ0) is 19.6. The quantitative estimate of drug-likeness (QED) is 0.615. The van der Waals surface area contributed by atoms with Gasteiger partial charge in [0.25, 0.3) is 11.6 Å². The average Bonchev–Trinajstić information content (AvgIpc) is 3.09. The summed E-state index contributed by atoms with van der Waals surface area (Å²) in [4.78, 5) is 16.8. The van der Waals surface area contributed by atoms with Gasteiger partial charge in [-0.05, 0) is 19.2 Å². The van der Waals surface area contributed by atoms with E-state index in [1.54, 1.807) is 0 Å². The molecule has 0 spiro atoms. The van der Waals surface area contributed by atoms with Crippen LogP contribution < -0.4 is 10.1 Å². The maximum atomic E-state index is 12.3. The largest absolute Gasteiger partial charge is 0.484 e. The number of aromatic nitrogens is 2. The lowest BCUT2D eigenvalue weighted by atomic mass is 10.1. The number of nitrogens with zero attached hydrogens (tertiary/aromatic N) is 4. The van der Waals surface area contributed by atoms with Gasteiger partial charge in [-0.15, -0.1) is 0 Å². The molecule has 0 bridgehead atoms. The second kappa shape index (κ2) is 7.48. The average molecular weight is 387 g/mol. The summed E-state index contributed by atoms with van der Waals surface area (Å²) in [5.74, 6) is -0.0205. The molecule has 1 aliphatic heterocycles. The van der Waals surface area contributed by atoms with E-state index in [2.05, 4.69) is 20.2 Å². The molecule has 146 valence electrons. The monoisotopic (exact) mass is 387 g/mol. The zero-order valence-electron chi connectivity index (χ0n) is 14.2. The first-order valence-electron chi connectivity index (χ1n) is 7.97. The number of nitrogens with one attached hydrogen (secondary N) is 1. The lowest BCUT2D eigenvalue weighted by molar-refractivity contribution is -0.384. The fourth-order valence-corrected chi connectivity index (χ4v) is 2.67. The van der Waals surface area contributed by atoms with Gasteiger partial charge >= 0.3 is 6.18 Å². The molecule has 27 heavy (non-hydrogen) atoms. The fourth-order valence-electron chi connectivity index (χ4n) is 2.67. The molecule has 0 saturated carbocycles. The highest BCUT2D eigenvalue weighted by molar-refractivity contribution is 5.68. The summed E-state index contributed by atoms with van der Waals surface area (Å²) in [6.45, 7) is 0.626. The van der Waals surface area contributed by atoms with Crippen LogP contribution in [0.25, 0.3) is 11.5 Å². The molecule has 1 unspecified atom stereocenters. The topological polar surface area (TPSA) is 107 Å². The summed E-state index contributed by atoms with van der Waals surface area (Å²) in [6, 6.07) is 3.03. The van der Waals surface area contributed by atoms with Crippen LogP contribution in [-0.4, -0.2) is 59.4 Å². The summed E-state index contributed by atoms with van der Waals surface area (Å²) in [6.07, 6.45) is -4.53. The Morgan fingerprint density at radius 1 is 1.48 bits per heavy atom. The van der Waals surface area contributed by atoms with Crippen molar-refractivity contribution in [3.05, 3.63) is 34.1 Å². The first-order chi connectivity index (χ1) is 12.7. The molecular formula is C15H16F3N5O4. The van der Waals surface area contributed by atoms with E-state index < -0.39 is 17.7 Å². The molecule has 2 heterocycles. The summed E-state index contributed by atoms with van der Waals surface area (Å²) in [5, 5.41) is 18.3. The number of alkyl halides is 3. The molecule has 1 N–H and O–H groups in total. The normalized spacial score (nSPS) is 18.4. The Hall–Kier alpha value is -2.73. The van der Waals surface area contributed by atoms with Crippen LogP contribution in [0.2, 0.25) is 0 Å². The van der Waals surface area contributed by atoms with Gasteiger partial charge in [-0.2, -0.15) is 18.2 Å². The van der Waals surface area contributed by atoms with Gasteiger partial charge < -0.3 is 14.6 Å². The maximum Gasteiger partial charge on any atom is 0.422 e. The van der Waals surface area contributed by atoms with Gasteiger partial charge in [-0.25, -0.2) is 0 Å². The first kappa shape index (κ1) is 19.0. The Balaban J connectivity index is 1.91. The van der Waals surface area contributed by atoms with Gasteiger partial charge in [0, 0.05) is 25.7 Å². The molecule has 1 aromatic heterocycles. The Bertz CT molecular complexity index is 826. The number of piperazine rings is 1. The molecule has 0 radical (unpaired) electrons. The number of nitro benzene ring substituents is 1.